The van der Waals surface area contributed by atoms with Gasteiger partial charge in [0.1, 0.15) is 16.0 Å². The van der Waals surface area contributed by atoms with Crippen LogP contribution in [0.2, 0.25) is 10.0 Å². The maximum atomic E-state index is 13.5. The molecule has 0 heterocycles. The molecule has 0 bridgehead atoms. The monoisotopic (exact) mass is 556 g/mol. The fraction of sp³-hybridized carbons (Fsp3) is 0.200. The number of rotatable bonds is 5. The minimum Gasteiger partial charge on any atom is -0.326 e. The Morgan fingerprint density at radius 3 is 2.34 bits per heavy atom. The maximum absolute atomic E-state index is 13.5. The summed E-state index contributed by atoms with van der Waals surface area (Å²) in [5.41, 5.74) is 2.05. The molecular formula is C25H18Cl4F2N2O2. The van der Waals surface area contributed by atoms with Gasteiger partial charge < -0.3 is 10.2 Å². The molecule has 4 nitrogen and oxygen atoms in total. The van der Waals surface area contributed by atoms with E-state index in [9.17, 15) is 18.4 Å². The molecule has 0 saturated heterocycles. The molecule has 1 aliphatic rings. The van der Waals surface area contributed by atoms with Crippen LogP contribution in [-0.4, -0.2) is 23.2 Å². The standard InChI is InChI=1S/C25H18Cl4F2N2O2/c1-12-9-14(30)4-8-20(12)33(2)24(35)16-11-15(5-6-17(16)26)32-23(34)22-21(25(22,28)29)13-3-7-19(31)18(27)10-13/h3-11,21-22H,1-2H3,(H,32,34)/t21-,22+/m1/s1. The molecule has 0 spiro atoms. The largest absolute Gasteiger partial charge is 0.326 e. The van der Waals surface area contributed by atoms with Crippen molar-refractivity contribution in [2.45, 2.75) is 17.2 Å². The minimum atomic E-state index is -1.41. The zero-order valence-electron chi connectivity index (χ0n) is 18.4. The van der Waals surface area contributed by atoms with Crippen molar-refractivity contribution < 1.29 is 18.4 Å². The smallest absolute Gasteiger partial charge is 0.259 e. The summed E-state index contributed by atoms with van der Waals surface area (Å²) < 4.78 is 25.6. The van der Waals surface area contributed by atoms with Gasteiger partial charge in [0.2, 0.25) is 5.91 Å². The minimum absolute atomic E-state index is 0.0981. The Morgan fingerprint density at radius 2 is 1.69 bits per heavy atom. The lowest BCUT2D eigenvalue weighted by atomic mass is 10.1. The molecule has 10 heteroatoms. The Kier molecular flexibility index (Phi) is 7.04. The number of carbonyl (C=O) groups excluding carboxylic acids is 2. The van der Waals surface area contributed by atoms with Crippen LogP contribution in [0.15, 0.2) is 54.6 Å². The first-order valence-corrected chi connectivity index (χ1v) is 11.9. The molecule has 2 amide bonds. The molecule has 0 radical (unpaired) electrons. The number of benzene rings is 3. The van der Waals surface area contributed by atoms with Crippen LogP contribution in [0, 0.1) is 24.5 Å². The number of amides is 2. The lowest BCUT2D eigenvalue weighted by Gasteiger charge is -2.20. The zero-order chi connectivity index (χ0) is 25.7. The van der Waals surface area contributed by atoms with Gasteiger partial charge in [0.25, 0.3) is 5.91 Å². The number of nitrogens with one attached hydrogen (secondary N) is 1. The number of alkyl halides is 2. The number of anilines is 2. The van der Waals surface area contributed by atoms with E-state index in [1.54, 1.807) is 14.0 Å². The highest BCUT2D eigenvalue weighted by Gasteiger charge is 2.67. The van der Waals surface area contributed by atoms with Gasteiger partial charge in [-0.05, 0) is 66.6 Å². The van der Waals surface area contributed by atoms with Crippen molar-refractivity contribution in [1.82, 2.24) is 0 Å². The van der Waals surface area contributed by atoms with E-state index in [1.807, 2.05) is 0 Å². The maximum Gasteiger partial charge on any atom is 0.259 e. The highest BCUT2D eigenvalue weighted by atomic mass is 35.5. The highest BCUT2D eigenvalue weighted by molar-refractivity contribution is 6.53. The van der Waals surface area contributed by atoms with Gasteiger partial charge in [-0.25, -0.2) is 8.78 Å². The van der Waals surface area contributed by atoms with Crippen molar-refractivity contribution in [2.24, 2.45) is 5.92 Å². The normalized spacial score (nSPS) is 18.2. The number of hydrogen-bond acceptors (Lipinski definition) is 2. The van der Waals surface area contributed by atoms with Crippen molar-refractivity contribution in [2.75, 3.05) is 17.3 Å². The van der Waals surface area contributed by atoms with Crippen molar-refractivity contribution in [1.29, 1.82) is 0 Å². The quantitative estimate of drug-likeness (QED) is 0.333. The molecule has 3 aromatic carbocycles. The van der Waals surface area contributed by atoms with E-state index in [-0.39, 0.29) is 15.6 Å². The predicted octanol–water partition coefficient (Wildman–Crippen LogP) is 7.38. The van der Waals surface area contributed by atoms with Gasteiger partial charge in [0.05, 0.1) is 21.5 Å². The van der Waals surface area contributed by atoms with Crippen molar-refractivity contribution in [3.8, 4) is 0 Å². The fourth-order valence-corrected chi connectivity index (χ4v) is 5.26. The summed E-state index contributed by atoms with van der Waals surface area (Å²) in [4.78, 5) is 27.5. The molecule has 1 aliphatic carbocycles. The van der Waals surface area contributed by atoms with Crippen LogP contribution in [0.4, 0.5) is 20.2 Å². The average Bonchev–Trinajstić information content (AvgIpc) is 3.38. The molecule has 0 aromatic heterocycles. The third-order valence-electron chi connectivity index (χ3n) is 5.93. The number of nitrogens with zero attached hydrogens (tertiary/aromatic N) is 1. The fourth-order valence-electron chi connectivity index (χ4n) is 4.05. The Morgan fingerprint density at radius 1 is 0.971 bits per heavy atom. The Balaban J connectivity index is 1.54. The molecule has 1 N–H and O–H groups in total. The van der Waals surface area contributed by atoms with E-state index in [0.29, 0.717) is 22.5 Å². The van der Waals surface area contributed by atoms with Crippen molar-refractivity contribution in [3.63, 3.8) is 0 Å². The molecule has 1 saturated carbocycles. The second-order valence-corrected chi connectivity index (χ2v) is 10.5. The zero-order valence-corrected chi connectivity index (χ0v) is 21.4. The third-order valence-corrected chi connectivity index (χ3v) is 7.49. The van der Waals surface area contributed by atoms with E-state index in [0.717, 1.165) is 0 Å². The van der Waals surface area contributed by atoms with Crippen LogP contribution in [0.5, 0.6) is 0 Å². The number of halogens is 6. The Hall–Kier alpha value is -2.38. The molecule has 0 aliphatic heterocycles. The van der Waals surface area contributed by atoms with Gasteiger partial charge in [-0.3, -0.25) is 9.59 Å². The lowest BCUT2D eigenvalue weighted by molar-refractivity contribution is -0.117. The molecule has 35 heavy (non-hydrogen) atoms. The second-order valence-electron chi connectivity index (χ2n) is 8.28. The van der Waals surface area contributed by atoms with Gasteiger partial charge in [-0.2, -0.15) is 0 Å². The number of aryl methyl sites for hydroxylation is 1. The summed E-state index contributed by atoms with van der Waals surface area (Å²) >= 11 is 24.9. The van der Waals surface area contributed by atoms with Crippen molar-refractivity contribution >= 4 is 69.6 Å². The van der Waals surface area contributed by atoms with Gasteiger partial charge >= 0.3 is 0 Å². The Labute approximate surface area is 220 Å². The van der Waals surface area contributed by atoms with Gasteiger partial charge in [0, 0.05) is 24.3 Å². The average molecular weight is 558 g/mol. The lowest BCUT2D eigenvalue weighted by Crippen LogP contribution is -2.27. The second kappa shape index (κ2) is 9.58. The molecule has 4 rings (SSSR count). The summed E-state index contributed by atoms with van der Waals surface area (Å²) in [6, 6.07) is 12.6. The van der Waals surface area contributed by atoms with Crippen LogP contribution in [-0.2, 0) is 4.79 Å². The molecule has 182 valence electrons. The van der Waals surface area contributed by atoms with Crippen LogP contribution in [0.3, 0.4) is 0 Å². The van der Waals surface area contributed by atoms with E-state index in [4.69, 9.17) is 46.4 Å². The molecule has 3 aromatic rings. The molecular weight excluding hydrogens is 540 g/mol. The van der Waals surface area contributed by atoms with Crippen LogP contribution in [0.1, 0.15) is 27.4 Å². The van der Waals surface area contributed by atoms with Crippen molar-refractivity contribution in [3.05, 3.63) is 93.0 Å². The van der Waals surface area contributed by atoms with E-state index < -0.39 is 39.6 Å². The van der Waals surface area contributed by atoms with Crippen LogP contribution >= 0.6 is 46.4 Å². The summed E-state index contributed by atoms with van der Waals surface area (Å²) in [6.07, 6.45) is 0. The van der Waals surface area contributed by atoms with Gasteiger partial charge in [-0.1, -0.05) is 29.3 Å². The summed E-state index contributed by atoms with van der Waals surface area (Å²) in [7, 11) is 1.54. The molecule has 2 atom stereocenters. The third kappa shape index (κ3) is 4.98. The summed E-state index contributed by atoms with van der Waals surface area (Å²) in [5, 5.41) is 2.79. The van der Waals surface area contributed by atoms with Gasteiger partial charge in [-0.15, -0.1) is 23.2 Å². The molecule has 1 fully saturated rings. The summed E-state index contributed by atoms with van der Waals surface area (Å²) in [6.45, 7) is 1.69. The predicted molar refractivity (Wildman–Crippen MR) is 136 cm³/mol. The molecule has 0 unspecified atom stereocenters. The Bertz CT molecular complexity index is 1350. The first-order valence-electron chi connectivity index (χ1n) is 10.4. The van der Waals surface area contributed by atoms with E-state index >= 15 is 0 Å². The summed E-state index contributed by atoms with van der Waals surface area (Å²) in [5.74, 6) is -3.35. The van der Waals surface area contributed by atoms with E-state index in [2.05, 4.69) is 5.32 Å². The van der Waals surface area contributed by atoms with E-state index in [1.165, 1.54) is 59.5 Å². The highest BCUT2D eigenvalue weighted by Crippen LogP contribution is 2.65. The van der Waals surface area contributed by atoms with Gasteiger partial charge in [0.15, 0.2) is 0 Å². The van der Waals surface area contributed by atoms with Crippen LogP contribution < -0.4 is 10.2 Å². The van der Waals surface area contributed by atoms with Crippen LogP contribution in [0.25, 0.3) is 0 Å². The first kappa shape index (κ1) is 25.7. The topological polar surface area (TPSA) is 49.4 Å². The first-order chi connectivity index (χ1) is 16.4. The number of carbonyl (C=O) groups is 2. The SMILES string of the molecule is Cc1cc(F)ccc1N(C)C(=O)c1cc(NC(=O)[C@@H]2[C@@H](c3ccc(F)c(Cl)c3)C2(Cl)Cl)ccc1Cl. The number of hydrogen-bond donors (Lipinski definition) is 1.